The van der Waals surface area contributed by atoms with Crippen LogP contribution in [0.5, 0.6) is 5.75 Å². The summed E-state index contributed by atoms with van der Waals surface area (Å²) in [5.41, 5.74) is 0.916. The van der Waals surface area contributed by atoms with Crippen molar-refractivity contribution in [3.8, 4) is 5.75 Å². The van der Waals surface area contributed by atoms with Gasteiger partial charge < -0.3 is 10.1 Å². The summed E-state index contributed by atoms with van der Waals surface area (Å²) < 4.78 is 5.48. The van der Waals surface area contributed by atoms with E-state index in [1.165, 1.54) is 0 Å². The molecule has 0 fully saturated rings. The second-order valence-corrected chi connectivity index (χ2v) is 4.44. The van der Waals surface area contributed by atoms with Gasteiger partial charge in [-0.25, -0.2) is 0 Å². The van der Waals surface area contributed by atoms with Crippen molar-refractivity contribution in [1.29, 1.82) is 0 Å². The second kappa shape index (κ2) is 7.54. The Kier molecular flexibility index (Phi) is 5.98. The molecule has 3 heteroatoms. The van der Waals surface area contributed by atoms with Crippen LogP contribution in [0.25, 0.3) is 6.08 Å². The number of benzene rings is 1. The molecule has 0 unspecified atom stereocenters. The third-order valence-corrected chi connectivity index (χ3v) is 2.32. The molecule has 0 aliphatic carbocycles. The first kappa shape index (κ1) is 14.3. The summed E-state index contributed by atoms with van der Waals surface area (Å²) in [5.74, 6) is 1.18. The van der Waals surface area contributed by atoms with Gasteiger partial charge in [0.2, 0.25) is 5.91 Å². The summed E-state index contributed by atoms with van der Waals surface area (Å²) in [6.45, 7) is 7.37. The van der Waals surface area contributed by atoms with E-state index < -0.39 is 0 Å². The quantitative estimate of drug-likeness (QED) is 0.785. The zero-order valence-electron chi connectivity index (χ0n) is 11.3. The van der Waals surface area contributed by atoms with Gasteiger partial charge in [0.15, 0.2) is 0 Å². The van der Waals surface area contributed by atoms with Crippen molar-refractivity contribution in [2.75, 3.05) is 13.2 Å². The number of hydrogen-bond donors (Lipinski definition) is 1. The van der Waals surface area contributed by atoms with Gasteiger partial charge in [0.1, 0.15) is 5.75 Å². The van der Waals surface area contributed by atoms with Gasteiger partial charge in [0.25, 0.3) is 0 Å². The number of para-hydroxylation sites is 1. The van der Waals surface area contributed by atoms with Crippen molar-refractivity contribution in [2.45, 2.75) is 20.8 Å². The molecule has 1 aromatic rings. The van der Waals surface area contributed by atoms with Crippen LogP contribution in [0.4, 0.5) is 0 Å². The molecular formula is C15H21NO2. The highest BCUT2D eigenvalue weighted by Gasteiger charge is 2.00. The number of amides is 1. The van der Waals surface area contributed by atoms with E-state index >= 15 is 0 Å². The predicted molar refractivity (Wildman–Crippen MR) is 74.5 cm³/mol. The van der Waals surface area contributed by atoms with E-state index in [1.807, 2.05) is 31.2 Å². The van der Waals surface area contributed by atoms with Crippen LogP contribution in [-0.4, -0.2) is 19.1 Å². The number of carbonyl (C=O) groups excluding carboxylic acids is 1. The summed E-state index contributed by atoms with van der Waals surface area (Å²) in [6, 6.07) is 7.67. The molecule has 0 aliphatic heterocycles. The first-order valence-corrected chi connectivity index (χ1v) is 6.31. The van der Waals surface area contributed by atoms with Crippen molar-refractivity contribution in [1.82, 2.24) is 5.32 Å². The molecule has 0 aliphatic rings. The normalized spacial score (nSPS) is 10.9. The van der Waals surface area contributed by atoms with Crippen molar-refractivity contribution >= 4 is 12.0 Å². The highest BCUT2D eigenvalue weighted by atomic mass is 16.5. The topological polar surface area (TPSA) is 38.3 Å². The van der Waals surface area contributed by atoms with Gasteiger partial charge in [0.05, 0.1) is 6.61 Å². The minimum absolute atomic E-state index is 0.0741. The highest BCUT2D eigenvalue weighted by molar-refractivity contribution is 5.92. The molecule has 1 aromatic carbocycles. The van der Waals surface area contributed by atoms with Gasteiger partial charge in [0, 0.05) is 18.2 Å². The van der Waals surface area contributed by atoms with Crippen molar-refractivity contribution in [3.05, 3.63) is 35.9 Å². The van der Waals surface area contributed by atoms with E-state index in [-0.39, 0.29) is 5.91 Å². The third-order valence-electron chi connectivity index (χ3n) is 2.32. The molecule has 1 amide bonds. The van der Waals surface area contributed by atoms with Crippen LogP contribution < -0.4 is 10.1 Å². The number of carbonyl (C=O) groups is 1. The smallest absolute Gasteiger partial charge is 0.244 e. The molecule has 3 nitrogen and oxygen atoms in total. The van der Waals surface area contributed by atoms with Gasteiger partial charge in [-0.3, -0.25) is 4.79 Å². The van der Waals surface area contributed by atoms with Crippen LogP contribution in [0.1, 0.15) is 26.3 Å². The molecule has 0 heterocycles. The number of ether oxygens (including phenoxy) is 1. The van der Waals surface area contributed by atoms with Crippen LogP contribution >= 0.6 is 0 Å². The summed E-state index contributed by atoms with van der Waals surface area (Å²) in [6.07, 6.45) is 3.32. The van der Waals surface area contributed by atoms with E-state index in [0.717, 1.165) is 11.3 Å². The van der Waals surface area contributed by atoms with Gasteiger partial charge in [-0.1, -0.05) is 32.0 Å². The van der Waals surface area contributed by atoms with Crippen LogP contribution in [0.3, 0.4) is 0 Å². The molecular weight excluding hydrogens is 226 g/mol. The number of rotatable bonds is 6. The van der Waals surface area contributed by atoms with Crippen molar-refractivity contribution in [3.63, 3.8) is 0 Å². The highest BCUT2D eigenvalue weighted by Crippen LogP contribution is 2.19. The van der Waals surface area contributed by atoms with E-state index in [0.29, 0.717) is 19.1 Å². The summed E-state index contributed by atoms with van der Waals surface area (Å²) in [4.78, 5) is 11.6. The molecule has 0 spiro atoms. The van der Waals surface area contributed by atoms with Crippen molar-refractivity contribution in [2.24, 2.45) is 5.92 Å². The maximum atomic E-state index is 11.6. The molecule has 0 saturated carbocycles. The largest absolute Gasteiger partial charge is 0.493 e. The lowest BCUT2D eigenvalue weighted by Crippen LogP contribution is -2.25. The Morgan fingerprint density at radius 3 is 2.78 bits per heavy atom. The molecule has 1 N–H and O–H groups in total. The molecule has 18 heavy (non-hydrogen) atoms. The van der Waals surface area contributed by atoms with Gasteiger partial charge in [-0.2, -0.15) is 0 Å². The van der Waals surface area contributed by atoms with Crippen molar-refractivity contribution < 1.29 is 9.53 Å². The molecule has 98 valence electrons. The summed E-state index contributed by atoms with van der Waals surface area (Å²) >= 11 is 0. The zero-order chi connectivity index (χ0) is 13.4. The third kappa shape index (κ3) is 5.04. The van der Waals surface area contributed by atoms with E-state index in [2.05, 4.69) is 19.2 Å². The van der Waals surface area contributed by atoms with Gasteiger partial charge in [-0.15, -0.1) is 0 Å². The molecule has 0 aromatic heterocycles. The van der Waals surface area contributed by atoms with Crippen LogP contribution in [0, 0.1) is 5.92 Å². The molecule has 1 rings (SSSR count). The average Bonchev–Trinajstić information content (AvgIpc) is 2.35. The van der Waals surface area contributed by atoms with Crippen LogP contribution in [-0.2, 0) is 4.79 Å². The fourth-order valence-corrected chi connectivity index (χ4v) is 1.43. The molecule has 0 radical (unpaired) electrons. The van der Waals surface area contributed by atoms with Gasteiger partial charge >= 0.3 is 0 Å². The maximum Gasteiger partial charge on any atom is 0.244 e. The van der Waals surface area contributed by atoms with Crippen LogP contribution in [0.2, 0.25) is 0 Å². The number of nitrogens with one attached hydrogen (secondary N) is 1. The first-order chi connectivity index (χ1) is 8.63. The Balaban J connectivity index is 2.63. The predicted octanol–water partition coefficient (Wildman–Crippen LogP) is 2.87. The SMILES string of the molecule is CCOc1ccccc1/C=C\C(=O)NCC(C)C. The van der Waals surface area contributed by atoms with E-state index in [9.17, 15) is 4.79 Å². The Morgan fingerprint density at radius 1 is 1.39 bits per heavy atom. The molecule has 0 bridgehead atoms. The zero-order valence-corrected chi connectivity index (χ0v) is 11.3. The number of hydrogen-bond acceptors (Lipinski definition) is 2. The van der Waals surface area contributed by atoms with E-state index in [1.54, 1.807) is 12.2 Å². The second-order valence-electron chi connectivity index (χ2n) is 4.44. The maximum absolute atomic E-state index is 11.6. The monoisotopic (exact) mass is 247 g/mol. The lowest BCUT2D eigenvalue weighted by molar-refractivity contribution is -0.116. The van der Waals surface area contributed by atoms with E-state index in [4.69, 9.17) is 4.74 Å². The summed E-state index contributed by atoms with van der Waals surface area (Å²) in [5, 5.41) is 2.84. The molecule has 0 saturated heterocycles. The average molecular weight is 247 g/mol. The standard InChI is InChI=1S/C15H21NO2/c1-4-18-14-8-6-5-7-13(14)9-10-15(17)16-11-12(2)3/h5-10,12H,4,11H2,1-3H3,(H,16,17)/b10-9-. The Morgan fingerprint density at radius 2 is 2.11 bits per heavy atom. The minimum Gasteiger partial charge on any atom is -0.493 e. The fraction of sp³-hybridized carbons (Fsp3) is 0.400. The Hall–Kier alpha value is -1.77. The first-order valence-electron chi connectivity index (χ1n) is 6.31. The minimum atomic E-state index is -0.0741. The Labute approximate surface area is 109 Å². The fourth-order valence-electron chi connectivity index (χ4n) is 1.43. The van der Waals surface area contributed by atoms with Gasteiger partial charge in [-0.05, 0) is 25.0 Å². The molecule has 0 atom stereocenters. The lowest BCUT2D eigenvalue weighted by atomic mass is 10.2. The Bertz CT molecular complexity index is 411. The van der Waals surface area contributed by atoms with Crippen LogP contribution in [0.15, 0.2) is 30.3 Å². The summed E-state index contributed by atoms with van der Waals surface area (Å²) in [7, 11) is 0. The lowest BCUT2D eigenvalue weighted by Gasteiger charge is -2.07.